The molecule has 0 spiro atoms. The Bertz CT molecular complexity index is 386. The van der Waals surface area contributed by atoms with Crippen molar-refractivity contribution in [1.29, 1.82) is 0 Å². The Labute approximate surface area is 88.9 Å². The van der Waals surface area contributed by atoms with E-state index >= 15 is 0 Å². The van der Waals surface area contributed by atoms with Crippen LogP contribution in [0.1, 0.15) is 36.1 Å². The molecule has 0 saturated carbocycles. The van der Waals surface area contributed by atoms with Crippen LogP contribution in [0.2, 0.25) is 0 Å². The Hall–Kier alpha value is -1.44. The third-order valence-corrected chi connectivity index (χ3v) is 2.18. The Kier molecular flexibility index (Phi) is 3.32. The Morgan fingerprint density at radius 2 is 2.00 bits per heavy atom. The molecule has 0 aliphatic carbocycles. The average molecular weight is 237 g/mol. The van der Waals surface area contributed by atoms with Crippen LogP contribution >= 0.6 is 0 Å². The van der Waals surface area contributed by atoms with Gasteiger partial charge in [-0.15, -0.1) is 5.10 Å². The molecule has 5 nitrogen and oxygen atoms in total. The zero-order chi connectivity index (χ0) is 12.5. The number of nitrogens with zero attached hydrogens (tertiary/aromatic N) is 3. The van der Waals surface area contributed by atoms with Crippen LogP contribution < -0.4 is 0 Å². The van der Waals surface area contributed by atoms with Gasteiger partial charge >= 0.3 is 6.18 Å². The van der Waals surface area contributed by atoms with Crippen molar-refractivity contribution in [2.24, 2.45) is 0 Å². The number of aliphatic hydroxyl groups excluding tert-OH is 1. The van der Waals surface area contributed by atoms with Crippen LogP contribution in [0, 0.1) is 0 Å². The predicted molar refractivity (Wildman–Crippen MR) is 46.8 cm³/mol. The molecule has 1 heterocycles. The van der Waals surface area contributed by atoms with Gasteiger partial charge in [-0.3, -0.25) is 4.79 Å². The first-order valence-electron chi connectivity index (χ1n) is 4.44. The highest BCUT2D eigenvalue weighted by atomic mass is 19.4. The molecule has 0 aliphatic heterocycles. The van der Waals surface area contributed by atoms with E-state index in [-0.39, 0.29) is 6.29 Å². The molecule has 2 unspecified atom stereocenters. The average Bonchev–Trinajstić information content (AvgIpc) is 2.58. The standard InChI is InChI=1S/C8H10F3N3O2/c1-4(5(2)16)14-7(8(9,10)11)6(3-15)12-13-14/h3-5,16H,1-2H3. The topological polar surface area (TPSA) is 68.0 Å². The molecule has 0 amide bonds. The first-order chi connectivity index (χ1) is 7.29. The fraction of sp³-hybridized carbons (Fsp3) is 0.625. The molecule has 1 N–H and O–H groups in total. The van der Waals surface area contributed by atoms with Crippen molar-refractivity contribution in [3.8, 4) is 0 Å². The van der Waals surface area contributed by atoms with Gasteiger partial charge in [-0.1, -0.05) is 5.21 Å². The number of aliphatic hydroxyl groups is 1. The monoisotopic (exact) mass is 237 g/mol. The smallest absolute Gasteiger partial charge is 0.391 e. The minimum absolute atomic E-state index is 0.0128. The fourth-order valence-corrected chi connectivity index (χ4v) is 1.15. The van der Waals surface area contributed by atoms with Crippen molar-refractivity contribution in [2.75, 3.05) is 0 Å². The van der Waals surface area contributed by atoms with Gasteiger partial charge in [0, 0.05) is 0 Å². The normalized spacial score (nSPS) is 15.9. The third-order valence-electron chi connectivity index (χ3n) is 2.18. The lowest BCUT2D eigenvalue weighted by Gasteiger charge is -2.18. The summed E-state index contributed by atoms with van der Waals surface area (Å²) in [4.78, 5) is 10.4. The Morgan fingerprint density at radius 3 is 2.38 bits per heavy atom. The molecule has 0 radical (unpaired) electrons. The van der Waals surface area contributed by atoms with Crippen molar-refractivity contribution >= 4 is 6.29 Å². The summed E-state index contributed by atoms with van der Waals surface area (Å²) >= 11 is 0. The summed E-state index contributed by atoms with van der Waals surface area (Å²) in [6.45, 7) is 2.68. The van der Waals surface area contributed by atoms with Crippen molar-refractivity contribution in [1.82, 2.24) is 15.0 Å². The van der Waals surface area contributed by atoms with Gasteiger partial charge in [0.05, 0.1) is 12.1 Å². The first-order valence-corrected chi connectivity index (χ1v) is 4.44. The molecular weight excluding hydrogens is 227 g/mol. The molecule has 90 valence electrons. The van der Waals surface area contributed by atoms with E-state index < -0.39 is 29.7 Å². The van der Waals surface area contributed by atoms with Gasteiger partial charge in [0.15, 0.2) is 17.7 Å². The number of hydrogen-bond acceptors (Lipinski definition) is 4. The van der Waals surface area contributed by atoms with Gasteiger partial charge in [-0.05, 0) is 13.8 Å². The van der Waals surface area contributed by atoms with Gasteiger partial charge in [-0.25, -0.2) is 4.68 Å². The van der Waals surface area contributed by atoms with Crippen LogP contribution in [0.15, 0.2) is 0 Å². The maximum atomic E-state index is 12.6. The van der Waals surface area contributed by atoms with Gasteiger partial charge in [0.2, 0.25) is 0 Å². The maximum absolute atomic E-state index is 12.6. The highest BCUT2D eigenvalue weighted by molar-refractivity contribution is 5.73. The molecule has 1 rings (SSSR count). The zero-order valence-corrected chi connectivity index (χ0v) is 8.56. The second-order valence-electron chi connectivity index (χ2n) is 3.36. The number of hydrogen-bond donors (Lipinski definition) is 1. The molecule has 1 aromatic rings. The zero-order valence-electron chi connectivity index (χ0n) is 8.56. The maximum Gasteiger partial charge on any atom is 0.435 e. The number of rotatable bonds is 3. The minimum atomic E-state index is -4.73. The number of aldehydes is 1. The lowest BCUT2D eigenvalue weighted by molar-refractivity contribution is -0.145. The van der Waals surface area contributed by atoms with E-state index in [0.29, 0.717) is 4.68 Å². The number of halogens is 3. The molecule has 8 heteroatoms. The highest BCUT2D eigenvalue weighted by Gasteiger charge is 2.40. The minimum Gasteiger partial charge on any atom is -0.391 e. The van der Waals surface area contributed by atoms with Crippen molar-refractivity contribution in [3.63, 3.8) is 0 Å². The second kappa shape index (κ2) is 4.20. The summed E-state index contributed by atoms with van der Waals surface area (Å²) in [5.74, 6) is 0. The predicted octanol–water partition coefficient (Wildman–Crippen LogP) is 1.05. The Balaban J connectivity index is 3.31. The van der Waals surface area contributed by atoms with Gasteiger partial charge in [0.1, 0.15) is 0 Å². The Morgan fingerprint density at radius 1 is 1.44 bits per heavy atom. The molecule has 0 saturated heterocycles. The summed E-state index contributed by atoms with van der Waals surface area (Å²) in [5, 5.41) is 15.6. The molecule has 16 heavy (non-hydrogen) atoms. The summed E-state index contributed by atoms with van der Waals surface area (Å²) < 4.78 is 38.3. The lowest BCUT2D eigenvalue weighted by atomic mass is 10.2. The molecule has 0 bridgehead atoms. The summed E-state index contributed by atoms with van der Waals surface area (Å²) in [6, 6.07) is -0.919. The van der Waals surface area contributed by atoms with E-state index in [1.165, 1.54) is 13.8 Å². The van der Waals surface area contributed by atoms with Gasteiger partial charge in [-0.2, -0.15) is 13.2 Å². The summed E-state index contributed by atoms with van der Waals surface area (Å²) in [6.07, 6.45) is -5.79. The lowest BCUT2D eigenvalue weighted by Crippen LogP contribution is -2.25. The quantitative estimate of drug-likeness (QED) is 0.798. The number of alkyl halides is 3. The molecule has 2 atom stereocenters. The number of carbonyl (C=O) groups is 1. The van der Waals surface area contributed by atoms with Crippen LogP contribution in [0.3, 0.4) is 0 Å². The summed E-state index contributed by atoms with van der Waals surface area (Å²) in [5.41, 5.74) is -2.02. The van der Waals surface area contributed by atoms with Gasteiger partial charge < -0.3 is 5.11 Å². The first kappa shape index (κ1) is 12.6. The molecule has 0 aromatic carbocycles. The molecule has 0 aliphatic rings. The van der Waals surface area contributed by atoms with Crippen LogP contribution in [0.5, 0.6) is 0 Å². The van der Waals surface area contributed by atoms with Gasteiger partial charge in [0.25, 0.3) is 0 Å². The largest absolute Gasteiger partial charge is 0.435 e. The van der Waals surface area contributed by atoms with Crippen molar-refractivity contribution < 1.29 is 23.1 Å². The van der Waals surface area contributed by atoms with Crippen LogP contribution in [-0.4, -0.2) is 32.5 Å². The highest BCUT2D eigenvalue weighted by Crippen LogP contribution is 2.32. The third kappa shape index (κ3) is 2.21. The SMILES string of the molecule is CC(O)C(C)n1nnc(C=O)c1C(F)(F)F. The molecular formula is C8H10F3N3O2. The number of aromatic nitrogens is 3. The summed E-state index contributed by atoms with van der Waals surface area (Å²) in [7, 11) is 0. The van der Waals surface area contributed by atoms with Crippen LogP contribution in [0.4, 0.5) is 13.2 Å². The fourth-order valence-electron chi connectivity index (χ4n) is 1.15. The van der Waals surface area contributed by atoms with Crippen LogP contribution in [0.25, 0.3) is 0 Å². The van der Waals surface area contributed by atoms with E-state index in [1.807, 2.05) is 0 Å². The van der Waals surface area contributed by atoms with E-state index in [2.05, 4.69) is 10.3 Å². The van der Waals surface area contributed by atoms with E-state index in [9.17, 15) is 23.1 Å². The molecule has 0 fully saturated rings. The van der Waals surface area contributed by atoms with Crippen LogP contribution in [-0.2, 0) is 6.18 Å². The number of carbonyl (C=O) groups excluding carboxylic acids is 1. The van der Waals surface area contributed by atoms with E-state index in [0.717, 1.165) is 0 Å². The van der Waals surface area contributed by atoms with E-state index in [1.54, 1.807) is 0 Å². The second-order valence-corrected chi connectivity index (χ2v) is 3.36. The molecule has 1 aromatic heterocycles. The van der Waals surface area contributed by atoms with Crippen molar-refractivity contribution in [3.05, 3.63) is 11.4 Å². The van der Waals surface area contributed by atoms with Crippen molar-refractivity contribution in [2.45, 2.75) is 32.2 Å². The van der Waals surface area contributed by atoms with E-state index in [4.69, 9.17) is 0 Å².